The fraction of sp³-hybridized carbons (Fsp3) is 0.833. The number of carbonyl (C=O) groups is 1. The van der Waals surface area contributed by atoms with Crippen molar-refractivity contribution in [2.75, 3.05) is 33.2 Å². The zero-order valence-corrected chi connectivity index (χ0v) is 15.7. The first-order valence-corrected chi connectivity index (χ1v) is 9.54. The topological polar surface area (TPSA) is 74.5 Å². The quantitative estimate of drug-likeness (QED) is 0.806. The molecular formula is C18H31N5O2. The summed E-state index contributed by atoms with van der Waals surface area (Å²) in [4.78, 5) is 21.2. The number of likely N-dealkylation sites (tertiary alicyclic amines) is 1. The standard InChI is InChI=1S/C18H31N5O2/c1-13(2)18-20-16(21-25-18)12-22(3)15-7-9-23(11-15)17(24)5-4-14-6-8-19-10-14/h13-15,19H,4-12H2,1-3H3. The molecule has 2 unspecified atom stereocenters. The van der Waals surface area contributed by atoms with E-state index in [0.29, 0.717) is 36.7 Å². The molecule has 1 aromatic heterocycles. The Balaban J connectivity index is 1.43. The number of nitrogens with one attached hydrogen (secondary N) is 1. The van der Waals surface area contributed by atoms with E-state index < -0.39 is 0 Å². The van der Waals surface area contributed by atoms with Gasteiger partial charge < -0.3 is 14.7 Å². The monoisotopic (exact) mass is 349 g/mol. The van der Waals surface area contributed by atoms with Crippen LogP contribution in [0, 0.1) is 5.92 Å². The zero-order chi connectivity index (χ0) is 17.8. The second-order valence-electron chi connectivity index (χ2n) is 7.80. The highest BCUT2D eigenvalue weighted by Crippen LogP contribution is 2.20. The molecular weight excluding hydrogens is 318 g/mol. The van der Waals surface area contributed by atoms with E-state index in [2.05, 4.69) is 27.4 Å². The average molecular weight is 349 g/mol. The Morgan fingerprint density at radius 3 is 2.96 bits per heavy atom. The molecule has 0 aromatic carbocycles. The first-order chi connectivity index (χ1) is 12.0. The molecule has 2 saturated heterocycles. The van der Waals surface area contributed by atoms with E-state index in [9.17, 15) is 4.79 Å². The van der Waals surface area contributed by atoms with Crippen molar-refractivity contribution < 1.29 is 9.32 Å². The molecule has 0 bridgehead atoms. The molecule has 7 nitrogen and oxygen atoms in total. The van der Waals surface area contributed by atoms with Crippen LogP contribution in [0.25, 0.3) is 0 Å². The summed E-state index contributed by atoms with van der Waals surface area (Å²) < 4.78 is 5.27. The van der Waals surface area contributed by atoms with Crippen LogP contribution in [0.4, 0.5) is 0 Å². The van der Waals surface area contributed by atoms with Gasteiger partial charge in [0.15, 0.2) is 5.82 Å². The van der Waals surface area contributed by atoms with Gasteiger partial charge in [-0.15, -0.1) is 0 Å². The Labute approximate surface area is 150 Å². The summed E-state index contributed by atoms with van der Waals surface area (Å²) in [6.07, 6.45) is 3.93. The van der Waals surface area contributed by atoms with Crippen molar-refractivity contribution in [3.05, 3.63) is 11.7 Å². The number of aromatic nitrogens is 2. The SMILES string of the molecule is CC(C)c1nc(CN(C)C2CCN(C(=O)CCC3CCNC3)C2)no1. The maximum atomic E-state index is 12.5. The van der Waals surface area contributed by atoms with Gasteiger partial charge in [0.2, 0.25) is 11.8 Å². The Bertz CT molecular complexity index is 568. The molecule has 2 fully saturated rings. The van der Waals surface area contributed by atoms with Crippen molar-refractivity contribution >= 4 is 5.91 Å². The Kier molecular flexibility index (Phi) is 6.06. The summed E-state index contributed by atoms with van der Waals surface area (Å²) in [6, 6.07) is 0.373. The smallest absolute Gasteiger partial charge is 0.229 e. The summed E-state index contributed by atoms with van der Waals surface area (Å²) in [7, 11) is 2.08. The van der Waals surface area contributed by atoms with Gasteiger partial charge in [0.05, 0.1) is 6.54 Å². The maximum Gasteiger partial charge on any atom is 0.229 e. The molecule has 25 heavy (non-hydrogen) atoms. The Hall–Kier alpha value is -1.47. The van der Waals surface area contributed by atoms with Crippen LogP contribution in [0.3, 0.4) is 0 Å². The van der Waals surface area contributed by atoms with Gasteiger partial charge >= 0.3 is 0 Å². The molecule has 140 valence electrons. The lowest BCUT2D eigenvalue weighted by Gasteiger charge is -2.23. The number of nitrogens with zero attached hydrogens (tertiary/aromatic N) is 4. The summed E-state index contributed by atoms with van der Waals surface area (Å²) >= 11 is 0. The number of carbonyl (C=O) groups excluding carboxylic acids is 1. The second kappa shape index (κ2) is 8.27. The van der Waals surface area contributed by atoms with Gasteiger partial charge in [-0.25, -0.2) is 0 Å². The van der Waals surface area contributed by atoms with Gasteiger partial charge in [0.25, 0.3) is 0 Å². The third-order valence-corrected chi connectivity index (χ3v) is 5.44. The van der Waals surface area contributed by atoms with E-state index in [1.54, 1.807) is 0 Å². The summed E-state index contributed by atoms with van der Waals surface area (Å²) in [6.45, 7) is 8.60. The summed E-state index contributed by atoms with van der Waals surface area (Å²) in [5, 5.41) is 7.43. The fourth-order valence-electron chi connectivity index (χ4n) is 3.69. The molecule has 3 heterocycles. The van der Waals surface area contributed by atoms with Gasteiger partial charge in [-0.1, -0.05) is 19.0 Å². The number of hydrogen-bond donors (Lipinski definition) is 1. The van der Waals surface area contributed by atoms with E-state index in [-0.39, 0.29) is 5.92 Å². The molecule has 1 N–H and O–H groups in total. The molecule has 0 radical (unpaired) electrons. The van der Waals surface area contributed by atoms with Crippen LogP contribution in [-0.2, 0) is 11.3 Å². The first-order valence-electron chi connectivity index (χ1n) is 9.54. The van der Waals surface area contributed by atoms with Crippen LogP contribution in [0.15, 0.2) is 4.52 Å². The van der Waals surface area contributed by atoms with Crippen molar-refractivity contribution in [1.82, 2.24) is 25.3 Å². The van der Waals surface area contributed by atoms with Crippen LogP contribution in [-0.4, -0.2) is 65.1 Å². The zero-order valence-electron chi connectivity index (χ0n) is 15.7. The van der Waals surface area contributed by atoms with Gasteiger partial charge in [0, 0.05) is 31.5 Å². The van der Waals surface area contributed by atoms with E-state index in [1.165, 1.54) is 6.42 Å². The molecule has 3 rings (SSSR count). The van der Waals surface area contributed by atoms with E-state index in [4.69, 9.17) is 4.52 Å². The molecule has 2 aliphatic heterocycles. The van der Waals surface area contributed by atoms with Gasteiger partial charge in [-0.05, 0) is 45.3 Å². The van der Waals surface area contributed by atoms with Crippen LogP contribution in [0.5, 0.6) is 0 Å². The average Bonchev–Trinajstić information content (AvgIpc) is 3.32. The molecule has 2 atom stereocenters. The molecule has 1 aromatic rings. The molecule has 2 aliphatic rings. The largest absolute Gasteiger partial charge is 0.341 e. The van der Waals surface area contributed by atoms with Crippen molar-refractivity contribution in [2.24, 2.45) is 5.92 Å². The minimum atomic E-state index is 0.251. The van der Waals surface area contributed by atoms with Crippen molar-refractivity contribution in [3.8, 4) is 0 Å². The van der Waals surface area contributed by atoms with E-state index in [0.717, 1.165) is 44.8 Å². The number of likely N-dealkylation sites (N-methyl/N-ethyl adjacent to an activating group) is 1. The molecule has 1 amide bonds. The Morgan fingerprint density at radius 1 is 1.44 bits per heavy atom. The molecule has 7 heteroatoms. The van der Waals surface area contributed by atoms with Crippen molar-refractivity contribution in [2.45, 2.75) is 58.0 Å². The van der Waals surface area contributed by atoms with E-state index in [1.807, 2.05) is 18.7 Å². The van der Waals surface area contributed by atoms with Gasteiger partial charge in [-0.2, -0.15) is 4.98 Å². The highest BCUT2D eigenvalue weighted by Gasteiger charge is 2.29. The van der Waals surface area contributed by atoms with Crippen LogP contribution in [0.1, 0.15) is 57.2 Å². The molecule has 0 spiro atoms. The number of rotatable bonds is 7. The lowest BCUT2D eigenvalue weighted by atomic mass is 10.0. The van der Waals surface area contributed by atoms with Crippen LogP contribution in [0.2, 0.25) is 0 Å². The van der Waals surface area contributed by atoms with Gasteiger partial charge in [0.1, 0.15) is 0 Å². The first kappa shape index (κ1) is 18.3. The fourth-order valence-corrected chi connectivity index (χ4v) is 3.69. The lowest BCUT2D eigenvalue weighted by molar-refractivity contribution is -0.130. The third kappa shape index (κ3) is 4.79. The summed E-state index contributed by atoms with van der Waals surface area (Å²) in [5.41, 5.74) is 0. The third-order valence-electron chi connectivity index (χ3n) is 5.44. The summed E-state index contributed by atoms with van der Waals surface area (Å²) in [5.74, 6) is 2.65. The molecule has 0 aliphatic carbocycles. The predicted octanol–water partition coefficient (Wildman–Crippen LogP) is 1.62. The number of amides is 1. The lowest BCUT2D eigenvalue weighted by Crippen LogP contribution is -2.36. The van der Waals surface area contributed by atoms with Gasteiger partial charge in [-0.3, -0.25) is 9.69 Å². The maximum absolute atomic E-state index is 12.5. The highest BCUT2D eigenvalue weighted by molar-refractivity contribution is 5.76. The minimum absolute atomic E-state index is 0.251. The van der Waals surface area contributed by atoms with Crippen molar-refractivity contribution in [1.29, 1.82) is 0 Å². The van der Waals surface area contributed by atoms with Crippen LogP contribution >= 0.6 is 0 Å². The predicted molar refractivity (Wildman–Crippen MR) is 95.0 cm³/mol. The normalized spacial score (nSPS) is 24.0. The van der Waals surface area contributed by atoms with Crippen molar-refractivity contribution in [3.63, 3.8) is 0 Å². The minimum Gasteiger partial charge on any atom is -0.341 e. The van der Waals surface area contributed by atoms with E-state index >= 15 is 0 Å². The highest BCUT2D eigenvalue weighted by atomic mass is 16.5. The number of hydrogen-bond acceptors (Lipinski definition) is 6. The second-order valence-corrected chi connectivity index (χ2v) is 7.80. The van der Waals surface area contributed by atoms with Crippen LogP contribution < -0.4 is 5.32 Å². The molecule has 0 saturated carbocycles. The Morgan fingerprint density at radius 2 is 2.28 bits per heavy atom.